The standard InChI is InChI=1S/C15H23FN2O/c1-11(2)5-8-15(19)17-10-12-6-7-14(18(3)4)13(16)9-12/h6-7,9,11H,5,8,10H2,1-4H3,(H,17,19). The van der Waals surface area contributed by atoms with E-state index in [4.69, 9.17) is 0 Å². The third kappa shape index (κ3) is 5.28. The van der Waals surface area contributed by atoms with Crippen LogP contribution in [0.3, 0.4) is 0 Å². The van der Waals surface area contributed by atoms with Crippen LogP contribution >= 0.6 is 0 Å². The molecule has 0 atom stereocenters. The maximum Gasteiger partial charge on any atom is 0.220 e. The van der Waals surface area contributed by atoms with Crippen LogP contribution in [-0.4, -0.2) is 20.0 Å². The summed E-state index contributed by atoms with van der Waals surface area (Å²) >= 11 is 0. The molecule has 3 nitrogen and oxygen atoms in total. The fourth-order valence-electron chi connectivity index (χ4n) is 1.73. The third-order valence-corrected chi connectivity index (χ3v) is 2.93. The highest BCUT2D eigenvalue weighted by Gasteiger charge is 2.07. The fraction of sp³-hybridized carbons (Fsp3) is 0.533. The maximum atomic E-state index is 13.7. The van der Waals surface area contributed by atoms with Crippen molar-refractivity contribution in [2.45, 2.75) is 33.2 Å². The highest BCUT2D eigenvalue weighted by atomic mass is 19.1. The molecular formula is C15H23FN2O. The molecule has 0 spiro atoms. The van der Waals surface area contributed by atoms with Crippen molar-refractivity contribution in [2.24, 2.45) is 5.92 Å². The highest BCUT2D eigenvalue weighted by Crippen LogP contribution is 2.18. The van der Waals surface area contributed by atoms with Crippen LogP contribution in [-0.2, 0) is 11.3 Å². The monoisotopic (exact) mass is 266 g/mol. The first-order valence-corrected chi connectivity index (χ1v) is 6.62. The lowest BCUT2D eigenvalue weighted by Crippen LogP contribution is -2.23. The average molecular weight is 266 g/mol. The number of hydrogen-bond donors (Lipinski definition) is 1. The number of carbonyl (C=O) groups is 1. The molecule has 0 fully saturated rings. The summed E-state index contributed by atoms with van der Waals surface area (Å²) in [7, 11) is 3.59. The number of rotatable bonds is 6. The first-order valence-electron chi connectivity index (χ1n) is 6.62. The van der Waals surface area contributed by atoms with Gasteiger partial charge in [0.15, 0.2) is 0 Å². The molecule has 0 saturated carbocycles. The number of benzene rings is 1. The van der Waals surface area contributed by atoms with Crippen LogP contribution in [0.4, 0.5) is 10.1 Å². The van der Waals surface area contributed by atoms with E-state index in [1.54, 1.807) is 25.1 Å². The van der Waals surface area contributed by atoms with Crippen LogP contribution in [0.1, 0.15) is 32.3 Å². The quantitative estimate of drug-likeness (QED) is 0.858. The Labute approximate surface area is 114 Å². The van der Waals surface area contributed by atoms with Crippen LogP contribution < -0.4 is 10.2 Å². The van der Waals surface area contributed by atoms with Gasteiger partial charge in [-0.3, -0.25) is 4.79 Å². The van der Waals surface area contributed by atoms with E-state index in [0.29, 0.717) is 24.6 Å². The number of hydrogen-bond acceptors (Lipinski definition) is 2. The van der Waals surface area contributed by atoms with E-state index < -0.39 is 0 Å². The Hall–Kier alpha value is -1.58. The van der Waals surface area contributed by atoms with Gasteiger partial charge in [0.05, 0.1) is 5.69 Å². The smallest absolute Gasteiger partial charge is 0.220 e. The summed E-state index contributed by atoms with van der Waals surface area (Å²) in [5.41, 5.74) is 1.33. The number of nitrogens with one attached hydrogen (secondary N) is 1. The van der Waals surface area contributed by atoms with E-state index in [1.165, 1.54) is 6.07 Å². The Morgan fingerprint density at radius 2 is 2.05 bits per heavy atom. The van der Waals surface area contributed by atoms with Crippen LogP contribution in [0, 0.1) is 11.7 Å². The van der Waals surface area contributed by atoms with E-state index >= 15 is 0 Å². The van der Waals surface area contributed by atoms with Crippen molar-refractivity contribution in [2.75, 3.05) is 19.0 Å². The summed E-state index contributed by atoms with van der Waals surface area (Å²) in [6.07, 6.45) is 1.40. The molecule has 0 bridgehead atoms. The van der Waals surface area contributed by atoms with Crippen molar-refractivity contribution in [3.8, 4) is 0 Å². The Morgan fingerprint density at radius 1 is 1.37 bits per heavy atom. The molecule has 4 heteroatoms. The van der Waals surface area contributed by atoms with Crippen molar-refractivity contribution in [1.29, 1.82) is 0 Å². The zero-order valence-electron chi connectivity index (χ0n) is 12.2. The van der Waals surface area contributed by atoms with E-state index in [-0.39, 0.29) is 11.7 Å². The molecule has 1 aromatic carbocycles. The zero-order chi connectivity index (χ0) is 14.4. The number of nitrogens with zero attached hydrogens (tertiary/aromatic N) is 1. The lowest BCUT2D eigenvalue weighted by atomic mass is 10.1. The van der Waals surface area contributed by atoms with Crippen molar-refractivity contribution < 1.29 is 9.18 Å². The first kappa shape index (κ1) is 15.5. The summed E-state index contributed by atoms with van der Waals surface area (Å²) in [6.45, 7) is 4.55. The Morgan fingerprint density at radius 3 is 2.58 bits per heavy atom. The van der Waals surface area contributed by atoms with Crippen LogP contribution in [0.2, 0.25) is 0 Å². The molecule has 1 amide bonds. The van der Waals surface area contributed by atoms with E-state index in [0.717, 1.165) is 12.0 Å². The largest absolute Gasteiger partial charge is 0.375 e. The number of amides is 1. The van der Waals surface area contributed by atoms with E-state index in [1.807, 2.05) is 6.07 Å². The van der Waals surface area contributed by atoms with Gasteiger partial charge in [0, 0.05) is 27.1 Å². The van der Waals surface area contributed by atoms with Gasteiger partial charge in [-0.2, -0.15) is 0 Å². The van der Waals surface area contributed by atoms with Crippen LogP contribution in [0.15, 0.2) is 18.2 Å². The Balaban J connectivity index is 2.50. The second-order valence-electron chi connectivity index (χ2n) is 5.39. The van der Waals surface area contributed by atoms with Gasteiger partial charge in [0.2, 0.25) is 5.91 Å². The molecule has 19 heavy (non-hydrogen) atoms. The molecule has 0 aromatic heterocycles. The van der Waals surface area contributed by atoms with Crippen molar-refractivity contribution in [3.05, 3.63) is 29.6 Å². The summed E-state index contributed by atoms with van der Waals surface area (Å²) in [5.74, 6) is 0.271. The molecule has 106 valence electrons. The minimum absolute atomic E-state index is 0.0193. The zero-order valence-corrected chi connectivity index (χ0v) is 12.2. The normalized spacial score (nSPS) is 10.6. The minimum atomic E-state index is -0.265. The van der Waals surface area contributed by atoms with Crippen molar-refractivity contribution in [1.82, 2.24) is 5.32 Å². The molecule has 0 aliphatic carbocycles. The second kappa shape index (κ2) is 7.12. The minimum Gasteiger partial charge on any atom is -0.375 e. The fourth-order valence-corrected chi connectivity index (χ4v) is 1.73. The van der Waals surface area contributed by atoms with Gasteiger partial charge >= 0.3 is 0 Å². The molecule has 0 radical (unpaired) electrons. The van der Waals surface area contributed by atoms with Gasteiger partial charge in [-0.15, -0.1) is 0 Å². The maximum absolute atomic E-state index is 13.7. The number of carbonyl (C=O) groups excluding carboxylic acids is 1. The molecule has 1 rings (SSSR count). The summed E-state index contributed by atoms with van der Waals surface area (Å²) in [6, 6.07) is 5.03. The number of halogens is 1. The third-order valence-electron chi connectivity index (χ3n) is 2.93. The van der Waals surface area contributed by atoms with Crippen LogP contribution in [0.5, 0.6) is 0 Å². The SMILES string of the molecule is CC(C)CCC(=O)NCc1ccc(N(C)C)c(F)c1. The molecule has 0 aliphatic rings. The van der Waals surface area contributed by atoms with Gasteiger partial charge in [0.1, 0.15) is 5.82 Å². The second-order valence-corrected chi connectivity index (χ2v) is 5.39. The molecule has 0 aliphatic heterocycles. The van der Waals surface area contributed by atoms with Crippen molar-refractivity contribution >= 4 is 11.6 Å². The van der Waals surface area contributed by atoms with Gasteiger partial charge in [-0.05, 0) is 30.0 Å². The highest BCUT2D eigenvalue weighted by molar-refractivity contribution is 5.75. The topological polar surface area (TPSA) is 32.3 Å². The predicted molar refractivity (Wildman–Crippen MR) is 76.6 cm³/mol. The van der Waals surface area contributed by atoms with E-state index in [9.17, 15) is 9.18 Å². The predicted octanol–water partition coefficient (Wildman–Crippen LogP) is 2.94. The molecule has 0 unspecified atom stereocenters. The summed E-state index contributed by atoms with van der Waals surface area (Å²) < 4.78 is 13.7. The molecule has 0 saturated heterocycles. The molecule has 1 N–H and O–H groups in total. The Bertz CT molecular complexity index is 430. The van der Waals surface area contributed by atoms with Gasteiger partial charge in [0.25, 0.3) is 0 Å². The lowest BCUT2D eigenvalue weighted by Gasteiger charge is -2.14. The van der Waals surface area contributed by atoms with Gasteiger partial charge < -0.3 is 10.2 Å². The van der Waals surface area contributed by atoms with Gasteiger partial charge in [-0.1, -0.05) is 19.9 Å². The van der Waals surface area contributed by atoms with Crippen molar-refractivity contribution in [3.63, 3.8) is 0 Å². The average Bonchev–Trinajstić information content (AvgIpc) is 2.33. The first-order chi connectivity index (χ1) is 8.90. The molecule has 1 aromatic rings. The summed E-state index contributed by atoms with van der Waals surface area (Å²) in [4.78, 5) is 13.3. The number of anilines is 1. The van der Waals surface area contributed by atoms with Crippen LogP contribution in [0.25, 0.3) is 0 Å². The lowest BCUT2D eigenvalue weighted by molar-refractivity contribution is -0.121. The van der Waals surface area contributed by atoms with Gasteiger partial charge in [-0.25, -0.2) is 4.39 Å². The Kier molecular flexibility index (Phi) is 5.80. The van der Waals surface area contributed by atoms with E-state index in [2.05, 4.69) is 19.2 Å². The molecule has 0 heterocycles. The summed E-state index contributed by atoms with van der Waals surface area (Å²) in [5, 5.41) is 2.81. The molecular weight excluding hydrogens is 243 g/mol.